The number of rotatable bonds is 4. The molecule has 1 saturated heterocycles. The third-order valence-corrected chi connectivity index (χ3v) is 6.96. The van der Waals surface area contributed by atoms with E-state index < -0.39 is 5.60 Å². The Morgan fingerprint density at radius 1 is 1.11 bits per heavy atom. The quantitative estimate of drug-likeness (QED) is 0.522. The second-order valence-electron chi connectivity index (χ2n) is 11.0. The molecule has 0 unspecified atom stereocenters. The number of hydrogen-bond donors (Lipinski definition) is 0. The van der Waals surface area contributed by atoms with Crippen LogP contribution in [-0.4, -0.2) is 61.3 Å². The van der Waals surface area contributed by atoms with Gasteiger partial charge in [0, 0.05) is 37.6 Å². The van der Waals surface area contributed by atoms with Gasteiger partial charge in [0.15, 0.2) is 5.65 Å². The van der Waals surface area contributed by atoms with E-state index in [9.17, 15) is 4.79 Å². The van der Waals surface area contributed by atoms with Crippen molar-refractivity contribution in [1.82, 2.24) is 24.4 Å². The Bertz CT molecular complexity index is 1240. The molecule has 0 bridgehead atoms. The van der Waals surface area contributed by atoms with E-state index in [1.165, 1.54) is 24.0 Å². The number of aromatic nitrogens is 4. The van der Waals surface area contributed by atoms with Gasteiger partial charge in [0.2, 0.25) is 0 Å². The zero-order valence-electron chi connectivity index (χ0n) is 21.7. The minimum Gasteiger partial charge on any atom is -0.444 e. The van der Waals surface area contributed by atoms with E-state index in [-0.39, 0.29) is 18.2 Å². The Kier molecular flexibility index (Phi) is 5.93. The molecule has 35 heavy (non-hydrogen) atoms. The van der Waals surface area contributed by atoms with E-state index in [2.05, 4.69) is 53.6 Å². The standard InChI is InChI=1S/C27H36N6O2/c1-7-19-10-11-28-22(12-19)33-15-21(20-8-9-20)23-24(29-16-30-25(23)33)31-13-18(3)32(14-17(31)2)26(34)35-27(4,5)6/h10-12,15-18,20H,7-9,13-14H2,1-6H3/t17-,18+/m0/s1. The SMILES string of the molecule is CCc1ccnc(-n2cc(C3CC3)c3c(N4C[C@@H](C)N(C(=O)OC(C)(C)C)C[C@@H]4C)ncnc32)c1. The number of pyridine rings is 1. The summed E-state index contributed by atoms with van der Waals surface area (Å²) < 4.78 is 7.79. The average Bonchev–Trinajstić information content (AvgIpc) is 3.58. The number of carbonyl (C=O) groups excluding carboxylic acids is 1. The van der Waals surface area contributed by atoms with Gasteiger partial charge in [0.25, 0.3) is 0 Å². The molecule has 0 N–H and O–H groups in total. The summed E-state index contributed by atoms with van der Waals surface area (Å²) in [4.78, 5) is 31.2. The van der Waals surface area contributed by atoms with Crippen LogP contribution in [0.5, 0.6) is 0 Å². The lowest BCUT2D eigenvalue weighted by molar-refractivity contribution is 0.0130. The van der Waals surface area contributed by atoms with Crippen LogP contribution in [0.15, 0.2) is 30.9 Å². The smallest absolute Gasteiger partial charge is 0.410 e. The molecule has 2 fully saturated rings. The maximum Gasteiger partial charge on any atom is 0.410 e. The summed E-state index contributed by atoms with van der Waals surface area (Å²) in [6.07, 6.45) is 8.83. The lowest BCUT2D eigenvalue weighted by Crippen LogP contribution is -2.59. The number of carbonyl (C=O) groups is 1. The van der Waals surface area contributed by atoms with Crippen LogP contribution in [0.4, 0.5) is 10.6 Å². The van der Waals surface area contributed by atoms with Gasteiger partial charge in [-0.05, 0) is 83.1 Å². The molecule has 0 spiro atoms. The van der Waals surface area contributed by atoms with Crippen LogP contribution in [0.25, 0.3) is 16.9 Å². The van der Waals surface area contributed by atoms with E-state index in [1.807, 2.05) is 31.9 Å². The van der Waals surface area contributed by atoms with Crippen LogP contribution in [0.2, 0.25) is 0 Å². The molecule has 186 valence electrons. The van der Waals surface area contributed by atoms with Crippen molar-refractivity contribution in [3.63, 3.8) is 0 Å². The van der Waals surface area contributed by atoms with Gasteiger partial charge in [0.1, 0.15) is 23.6 Å². The Morgan fingerprint density at radius 2 is 1.89 bits per heavy atom. The molecule has 8 heteroatoms. The number of piperazine rings is 1. The first-order valence-electron chi connectivity index (χ1n) is 12.7. The van der Waals surface area contributed by atoms with Crippen molar-refractivity contribution in [3.05, 3.63) is 42.0 Å². The van der Waals surface area contributed by atoms with Crippen molar-refractivity contribution in [2.45, 2.75) is 84.4 Å². The van der Waals surface area contributed by atoms with Crippen LogP contribution in [-0.2, 0) is 11.2 Å². The van der Waals surface area contributed by atoms with Crippen LogP contribution in [0, 0.1) is 0 Å². The Hall–Kier alpha value is -3.16. The number of nitrogens with zero attached hydrogens (tertiary/aromatic N) is 6. The number of fused-ring (bicyclic) bond motifs is 1. The molecule has 0 aromatic carbocycles. The maximum absolute atomic E-state index is 12.8. The largest absolute Gasteiger partial charge is 0.444 e. The second-order valence-corrected chi connectivity index (χ2v) is 11.0. The molecule has 2 aliphatic rings. The first-order valence-corrected chi connectivity index (χ1v) is 12.7. The van der Waals surface area contributed by atoms with Gasteiger partial charge in [-0.15, -0.1) is 0 Å². The van der Waals surface area contributed by atoms with Gasteiger partial charge >= 0.3 is 6.09 Å². The van der Waals surface area contributed by atoms with Crippen molar-refractivity contribution in [2.24, 2.45) is 0 Å². The van der Waals surface area contributed by atoms with E-state index in [0.29, 0.717) is 19.0 Å². The molecule has 2 atom stereocenters. The fourth-order valence-electron chi connectivity index (χ4n) is 4.98. The Balaban J connectivity index is 1.53. The highest BCUT2D eigenvalue weighted by Gasteiger charge is 2.37. The molecule has 4 heterocycles. The monoisotopic (exact) mass is 476 g/mol. The summed E-state index contributed by atoms with van der Waals surface area (Å²) in [5.74, 6) is 2.38. The topological polar surface area (TPSA) is 76.4 Å². The summed E-state index contributed by atoms with van der Waals surface area (Å²) in [7, 11) is 0. The van der Waals surface area contributed by atoms with Gasteiger partial charge in [-0.2, -0.15) is 0 Å². The summed E-state index contributed by atoms with van der Waals surface area (Å²) in [6.45, 7) is 13.4. The van der Waals surface area contributed by atoms with Crippen molar-refractivity contribution >= 4 is 22.9 Å². The minimum atomic E-state index is -0.513. The van der Waals surface area contributed by atoms with Crippen LogP contribution >= 0.6 is 0 Å². The van der Waals surface area contributed by atoms with Crippen molar-refractivity contribution in [2.75, 3.05) is 18.0 Å². The first-order chi connectivity index (χ1) is 16.7. The van der Waals surface area contributed by atoms with Gasteiger partial charge in [-0.1, -0.05) is 6.92 Å². The summed E-state index contributed by atoms with van der Waals surface area (Å²) in [5, 5.41) is 1.11. The normalized spacial score (nSPS) is 21.0. The average molecular weight is 477 g/mol. The first kappa shape index (κ1) is 23.6. The zero-order valence-corrected chi connectivity index (χ0v) is 21.7. The fraction of sp³-hybridized carbons (Fsp3) is 0.556. The van der Waals surface area contributed by atoms with Crippen LogP contribution in [0.1, 0.15) is 71.4 Å². The fourth-order valence-corrected chi connectivity index (χ4v) is 4.98. The molecule has 1 amide bonds. The second kappa shape index (κ2) is 8.81. The van der Waals surface area contributed by atoms with E-state index in [0.717, 1.165) is 29.1 Å². The lowest BCUT2D eigenvalue weighted by atomic mass is 10.1. The van der Waals surface area contributed by atoms with Crippen LogP contribution < -0.4 is 4.90 Å². The van der Waals surface area contributed by atoms with Gasteiger partial charge < -0.3 is 14.5 Å². The Labute approximate surface area is 207 Å². The van der Waals surface area contributed by atoms with Crippen molar-refractivity contribution in [3.8, 4) is 5.82 Å². The predicted octanol–water partition coefficient (Wildman–Crippen LogP) is 5.09. The molecular formula is C27H36N6O2. The molecule has 3 aromatic rings. The third-order valence-electron chi connectivity index (χ3n) is 6.96. The molecule has 8 nitrogen and oxygen atoms in total. The molecule has 1 aliphatic carbocycles. The van der Waals surface area contributed by atoms with Crippen molar-refractivity contribution in [1.29, 1.82) is 0 Å². The Morgan fingerprint density at radius 3 is 2.57 bits per heavy atom. The molecule has 3 aromatic heterocycles. The van der Waals surface area contributed by atoms with Gasteiger partial charge in [-0.3, -0.25) is 4.57 Å². The van der Waals surface area contributed by atoms with E-state index >= 15 is 0 Å². The summed E-state index contributed by atoms with van der Waals surface area (Å²) >= 11 is 0. The molecule has 1 saturated carbocycles. The summed E-state index contributed by atoms with van der Waals surface area (Å²) in [5.41, 5.74) is 2.93. The number of ether oxygens (including phenoxy) is 1. The number of anilines is 1. The molecule has 5 rings (SSSR count). The highest BCUT2D eigenvalue weighted by atomic mass is 16.6. The maximum atomic E-state index is 12.8. The van der Waals surface area contributed by atoms with Crippen molar-refractivity contribution < 1.29 is 9.53 Å². The van der Waals surface area contributed by atoms with Gasteiger partial charge in [0.05, 0.1) is 5.39 Å². The van der Waals surface area contributed by atoms with E-state index in [4.69, 9.17) is 14.7 Å². The predicted molar refractivity (Wildman–Crippen MR) is 137 cm³/mol. The van der Waals surface area contributed by atoms with Crippen LogP contribution in [0.3, 0.4) is 0 Å². The highest BCUT2D eigenvalue weighted by Crippen LogP contribution is 2.46. The zero-order chi connectivity index (χ0) is 24.9. The molecular weight excluding hydrogens is 440 g/mol. The number of amides is 1. The third kappa shape index (κ3) is 4.58. The lowest BCUT2D eigenvalue weighted by Gasteiger charge is -2.44. The van der Waals surface area contributed by atoms with E-state index in [1.54, 1.807) is 6.33 Å². The minimum absolute atomic E-state index is 0.000397. The number of aryl methyl sites for hydroxylation is 1. The summed E-state index contributed by atoms with van der Waals surface area (Å²) in [6, 6.07) is 4.29. The molecule has 1 aliphatic heterocycles. The highest BCUT2D eigenvalue weighted by molar-refractivity contribution is 5.93. The number of hydrogen-bond acceptors (Lipinski definition) is 6. The van der Waals surface area contributed by atoms with Gasteiger partial charge in [-0.25, -0.2) is 19.7 Å². The molecule has 0 radical (unpaired) electrons.